The molecular formula is C11H24NO5P. The zero-order valence-corrected chi connectivity index (χ0v) is 12.4. The highest BCUT2D eigenvalue weighted by Crippen LogP contribution is 2.49. The Balaban J connectivity index is 4.54. The molecule has 0 heterocycles. The van der Waals surface area contributed by atoms with E-state index in [4.69, 9.17) is 19.5 Å². The second-order valence-electron chi connectivity index (χ2n) is 3.88. The van der Waals surface area contributed by atoms with Crippen LogP contribution in [0.4, 0.5) is 0 Å². The van der Waals surface area contributed by atoms with E-state index in [9.17, 15) is 9.36 Å². The molecule has 18 heavy (non-hydrogen) atoms. The minimum atomic E-state index is -3.18. The highest BCUT2D eigenvalue weighted by molar-refractivity contribution is 7.53. The summed E-state index contributed by atoms with van der Waals surface area (Å²) >= 11 is 0. The molecular weight excluding hydrogens is 257 g/mol. The van der Waals surface area contributed by atoms with E-state index in [0.717, 1.165) is 0 Å². The van der Waals surface area contributed by atoms with Gasteiger partial charge < -0.3 is 19.5 Å². The fraction of sp³-hybridized carbons (Fsp3) is 0.909. The Hall–Kier alpha value is -0.420. The van der Waals surface area contributed by atoms with Crippen LogP contribution in [0.1, 0.15) is 27.7 Å². The summed E-state index contributed by atoms with van der Waals surface area (Å²) in [4.78, 5) is 11.5. The molecule has 0 aliphatic carbocycles. The van der Waals surface area contributed by atoms with Crippen LogP contribution in [0.3, 0.4) is 0 Å². The van der Waals surface area contributed by atoms with E-state index in [1.54, 1.807) is 27.7 Å². The van der Waals surface area contributed by atoms with Crippen LogP contribution < -0.4 is 5.73 Å². The molecule has 0 unspecified atom stereocenters. The largest absolute Gasteiger partial charge is 0.465 e. The number of hydrogen-bond acceptors (Lipinski definition) is 6. The van der Waals surface area contributed by atoms with Crippen LogP contribution in [-0.2, 0) is 23.1 Å². The zero-order valence-electron chi connectivity index (χ0n) is 11.5. The van der Waals surface area contributed by atoms with Gasteiger partial charge in [0.25, 0.3) is 0 Å². The normalized spacial score (nSPS) is 15.2. The molecule has 0 radical (unpaired) electrons. The molecule has 0 aromatic rings. The van der Waals surface area contributed by atoms with Gasteiger partial charge in [-0.2, -0.15) is 0 Å². The third-order valence-electron chi connectivity index (χ3n) is 2.33. The average Bonchev–Trinajstić information content (AvgIpc) is 2.28. The Morgan fingerprint density at radius 3 is 2.06 bits per heavy atom. The number of hydrogen-bond donors (Lipinski definition) is 1. The predicted octanol–water partition coefficient (Wildman–Crippen LogP) is 1.78. The molecule has 0 bridgehead atoms. The van der Waals surface area contributed by atoms with Gasteiger partial charge in [0.05, 0.1) is 26.0 Å². The van der Waals surface area contributed by atoms with Crippen LogP contribution in [0.25, 0.3) is 0 Å². The van der Waals surface area contributed by atoms with Crippen LogP contribution >= 0.6 is 7.60 Å². The summed E-state index contributed by atoms with van der Waals surface area (Å²) in [6.07, 6.45) is 0.106. The smallest absolute Gasteiger partial charge is 0.331 e. The van der Waals surface area contributed by atoms with Crippen LogP contribution in [0.2, 0.25) is 0 Å². The molecule has 0 amide bonds. The molecule has 108 valence electrons. The van der Waals surface area contributed by atoms with Crippen molar-refractivity contribution in [3.8, 4) is 0 Å². The van der Waals surface area contributed by atoms with Crippen molar-refractivity contribution in [2.24, 2.45) is 11.7 Å². The van der Waals surface area contributed by atoms with Crippen molar-refractivity contribution in [1.82, 2.24) is 0 Å². The first-order valence-electron chi connectivity index (χ1n) is 6.20. The fourth-order valence-corrected chi connectivity index (χ4v) is 3.48. The molecule has 7 heteroatoms. The highest BCUT2D eigenvalue weighted by atomic mass is 31.2. The Morgan fingerprint density at radius 2 is 1.67 bits per heavy atom. The second kappa shape index (κ2) is 8.64. The molecule has 0 spiro atoms. The van der Waals surface area contributed by atoms with Crippen molar-refractivity contribution in [1.29, 1.82) is 0 Å². The Labute approximate surface area is 109 Å². The monoisotopic (exact) mass is 281 g/mol. The van der Waals surface area contributed by atoms with E-state index in [-0.39, 0.29) is 18.7 Å². The average molecular weight is 281 g/mol. The third-order valence-corrected chi connectivity index (χ3v) is 4.66. The summed E-state index contributed by atoms with van der Waals surface area (Å²) in [5.74, 6) is -0.836. The summed E-state index contributed by atoms with van der Waals surface area (Å²) in [7, 11) is -3.18. The van der Waals surface area contributed by atoms with Crippen LogP contribution in [0.15, 0.2) is 0 Å². The van der Waals surface area contributed by atoms with Gasteiger partial charge in [-0.1, -0.05) is 6.92 Å². The molecule has 0 aromatic carbocycles. The molecule has 0 saturated heterocycles. The van der Waals surface area contributed by atoms with E-state index in [2.05, 4.69) is 0 Å². The molecule has 0 aliphatic rings. The van der Waals surface area contributed by atoms with E-state index in [1.165, 1.54) is 0 Å². The van der Waals surface area contributed by atoms with Gasteiger partial charge in [-0.15, -0.1) is 0 Å². The zero-order chi connectivity index (χ0) is 14.2. The standard InChI is InChI=1S/C11H24NO5P/c1-5-15-11(13)10(12)9(4)8-18(14,16-6-2)17-7-3/h9-10H,5-8,12H2,1-4H3/t9-,10+/m0/s1. The van der Waals surface area contributed by atoms with Crippen LogP contribution in [-0.4, -0.2) is 38.0 Å². The maximum absolute atomic E-state index is 12.3. The summed E-state index contributed by atoms with van der Waals surface area (Å²) in [6, 6.07) is -0.820. The number of esters is 1. The number of ether oxygens (including phenoxy) is 1. The van der Waals surface area contributed by atoms with E-state index in [0.29, 0.717) is 13.2 Å². The molecule has 0 fully saturated rings. The lowest BCUT2D eigenvalue weighted by Gasteiger charge is -2.23. The van der Waals surface area contributed by atoms with E-state index >= 15 is 0 Å². The molecule has 6 nitrogen and oxygen atoms in total. The van der Waals surface area contributed by atoms with Crippen molar-refractivity contribution < 1.29 is 23.1 Å². The first-order chi connectivity index (χ1) is 8.40. The van der Waals surface area contributed by atoms with Gasteiger partial charge >= 0.3 is 13.6 Å². The van der Waals surface area contributed by atoms with Crippen molar-refractivity contribution in [3.05, 3.63) is 0 Å². The van der Waals surface area contributed by atoms with Crippen molar-refractivity contribution in [3.63, 3.8) is 0 Å². The van der Waals surface area contributed by atoms with Gasteiger partial charge in [0.2, 0.25) is 0 Å². The van der Waals surface area contributed by atoms with Gasteiger partial charge in [0.15, 0.2) is 0 Å². The van der Waals surface area contributed by atoms with E-state index in [1.807, 2.05) is 0 Å². The summed E-state index contributed by atoms with van der Waals surface area (Å²) in [6.45, 7) is 7.77. The summed E-state index contributed by atoms with van der Waals surface area (Å²) in [5, 5.41) is 0. The first kappa shape index (κ1) is 17.6. The SMILES string of the molecule is CCOC(=O)[C@H](N)[C@@H](C)CP(=O)(OCC)OCC. The highest BCUT2D eigenvalue weighted by Gasteiger charge is 2.32. The number of nitrogens with two attached hydrogens (primary N) is 1. The summed E-state index contributed by atoms with van der Waals surface area (Å²) < 4.78 is 27.4. The second-order valence-corrected chi connectivity index (χ2v) is 5.99. The van der Waals surface area contributed by atoms with Crippen molar-refractivity contribution in [2.75, 3.05) is 26.0 Å². The van der Waals surface area contributed by atoms with Crippen molar-refractivity contribution in [2.45, 2.75) is 33.7 Å². The maximum Gasteiger partial charge on any atom is 0.331 e. The lowest BCUT2D eigenvalue weighted by Crippen LogP contribution is -2.39. The van der Waals surface area contributed by atoms with Crippen molar-refractivity contribution >= 4 is 13.6 Å². The molecule has 2 atom stereocenters. The third kappa shape index (κ3) is 5.96. The van der Waals surface area contributed by atoms with E-state index < -0.39 is 19.6 Å². The molecule has 2 N–H and O–H groups in total. The number of rotatable bonds is 9. The van der Waals surface area contributed by atoms with Gasteiger partial charge in [-0.25, -0.2) is 0 Å². The maximum atomic E-state index is 12.3. The van der Waals surface area contributed by atoms with Crippen LogP contribution in [0, 0.1) is 5.92 Å². The van der Waals surface area contributed by atoms with Gasteiger partial charge in [-0.05, 0) is 26.7 Å². The minimum absolute atomic E-state index is 0.106. The molecule has 0 saturated carbocycles. The fourth-order valence-electron chi connectivity index (χ4n) is 1.47. The van der Waals surface area contributed by atoms with Gasteiger partial charge in [0, 0.05) is 0 Å². The Kier molecular flexibility index (Phi) is 8.44. The lowest BCUT2D eigenvalue weighted by atomic mass is 10.1. The molecule has 0 aliphatic heterocycles. The quantitative estimate of drug-likeness (QED) is 0.512. The van der Waals surface area contributed by atoms with Crippen LogP contribution in [0.5, 0.6) is 0 Å². The van der Waals surface area contributed by atoms with Gasteiger partial charge in [0.1, 0.15) is 6.04 Å². The lowest BCUT2D eigenvalue weighted by molar-refractivity contribution is -0.145. The Bertz CT molecular complexity index is 287. The summed E-state index contributed by atoms with van der Waals surface area (Å²) in [5.41, 5.74) is 5.74. The topological polar surface area (TPSA) is 87.9 Å². The van der Waals surface area contributed by atoms with Gasteiger partial charge in [-0.3, -0.25) is 9.36 Å². The first-order valence-corrected chi connectivity index (χ1v) is 7.93. The Morgan fingerprint density at radius 1 is 1.17 bits per heavy atom. The number of carbonyl (C=O) groups excluding carboxylic acids is 1. The molecule has 0 rings (SSSR count). The number of carbonyl (C=O) groups is 1. The minimum Gasteiger partial charge on any atom is -0.465 e. The predicted molar refractivity (Wildman–Crippen MR) is 69.5 cm³/mol. The molecule has 0 aromatic heterocycles.